The molecule has 1 rings (SSSR count). The Bertz CT molecular complexity index is 824. The number of nitrogens with one attached hydrogen (secondary N) is 1. The van der Waals surface area contributed by atoms with E-state index in [2.05, 4.69) is 10.1 Å². The van der Waals surface area contributed by atoms with E-state index in [0.29, 0.717) is 12.8 Å². The van der Waals surface area contributed by atoms with Gasteiger partial charge >= 0.3 is 129 Å². The Balaban J connectivity index is 2.52. The smallest absolute Gasteiger partial charge is 0.388 e. The van der Waals surface area contributed by atoms with Crippen LogP contribution in [0.2, 0.25) is 0 Å². The number of carbonyl (C=O) groups is 5. The molecule has 0 radical (unpaired) electrons. The third kappa shape index (κ3) is 12.0. The molecule has 0 aromatic heterocycles. The van der Waals surface area contributed by atoms with Gasteiger partial charge in [-0.1, -0.05) is 0 Å². The summed E-state index contributed by atoms with van der Waals surface area (Å²) in [6.07, 6.45) is -0.743. The van der Waals surface area contributed by atoms with Crippen molar-refractivity contribution in [3.8, 4) is 0 Å². The number of aliphatic hydroxyl groups is 1. The van der Waals surface area contributed by atoms with Gasteiger partial charge in [0.15, 0.2) is 5.78 Å². The van der Waals surface area contributed by atoms with E-state index in [9.17, 15) is 24.0 Å². The van der Waals surface area contributed by atoms with Gasteiger partial charge in [0, 0.05) is 6.42 Å². The van der Waals surface area contributed by atoms with Crippen LogP contribution in [0.15, 0.2) is 24.3 Å². The molecule has 0 aliphatic carbocycles. The van der Waals surface area contributed by atoms with Crippen molar-refractivity contribution in [1.82, 2.24) is 5.32 Å². The third-order valence-corrected chi connectivity index (χ3v) is 5.91. The minimum absolute atomic E-state index is 0.00988. The zero-order chi connectivity index (χ0) is 24.8. The van der Waals surface area contributed by atoms with E-state index in [1.54, 1.807) is 24.7 Å². The Morgan fingerprint density at radius 2 is 1.70 bits per heavy atom. The summed E-state index contributed by atoms with van der Waals surface area (Å²) < 4.78 is 10.8. The number of aryl methyl sites for hydroxylation is 1. The van der Waals surface area contributed by atoms with Crippen LogP contribution in [0, 0.1) is 24.7 Å². The fourth-order valence-electron chi connectivity index (χ4n) is 2.99. The van der Waals surface area contributed by atoms with Crippen molar-refractivity contribution in [2.75, 3.05) is 13.7 Å². The molecule has 33 heavy (non-hydrogen) atoms. The number of amides is 1. The van der Waals surface area contributed by atoms with E-state index >= 15 is 0 Å². The molecular weight excluding hydrogens is 629 g/mol. The SMILES string of the molecule is COC(=O)CC[C@H](NC(=O)O[C@@H](CCC(=O)CCCc1ccc([211At])cc1)C(=O)CO)C(C)=O. The van der Waals surface area contributed by atoms with Gasteiger partial charge in [-0.05, 0) is 13.3 Å². The third-order valence-electron chi connectivity index (χ3n) is 4.93. The number of aliphatic hydroxyl groups excluding tert-OH is 1. The first-order valence-electron chi connectivity index (χ1n) is 10.6. The van der Waals surface area contributed by atoms with Crippen LogP contribution in [0.5, 0.6) is 0 Å². The van der Waals surface area contributed by atoms with Crippen molar-refractivity contribution < 1.29 is 63.3 Å². The number of hydrogen-bond acceptors (Lipinski definition) is 8. The van der Waals surface area contributed by atoms with Crippen LogP contribution in [0.3, 0.4) is 0 Å². The number of Topliss-reactive ketones (excluding diaryl/α,β-unsaturated/α-hetero) is 3. The summed E-state index contributed by atoms with van der Waals surface area (Å²) in [5.41, 5.74) is 1.14. The number of esters is 1. The molecule has 182 valence electrons. The fourth-order valence-corrected chi connectivity index (χ4v) is 3.48. The summed E-state index contributed by atoms with van der Waals surface area (Å²) in [7, 11) is 1.21. The fraction of sp³-hybridized carbons (Fsp3) is 0.522. The standard InChI is InChI=1S/C23H30AtNO8/c1-15(27)19(11-13-22(30)32-2)25-23(31)33-21(20(29)14-26)12-10-18(28)5-3-4-16-6-8-17(24)9-7-16/h6-9,19,21,26H,3-5,10-14H2,1-2H3,(H,25,31)/t19-,21-/m0/s1/i24+1. The number of hydrogen-bond donors (Lipinski definition) is 2. The minimum atomic E-state index is -1.31. The summed E-state index contributed by atoms with van der Waals surface area (Å²) in [5.74, 6) is -1.76. The first-order valence-corrected chi connectivity index (χ1v) is 12.1. The van der Waals surface area contributed by atoms with Crippen LogP contribution >= 0.6 is 0 Å². The molecular formula is C23H30AtNO8. The molecule has 0 aliphatic rings. The number of alkyl carbamates (subject to hydrolysis) is 1. The Kier molecular flexibility index (Phi) is 13.6. The predicted molar refractivity (Wildman–Crippen MR) is 114 cm³/mol. The van der Waals surface area contributed by atoms with Crippen molar-refractivity contribution in [2.45, 2.75) is 64.0 Å². The predicted octanol–water partition coefficient (Wildman–Crippen LogP) is 1.10. The van der Waals surface area contributed by atoms with Crippen LogP contribution in [0.1, 0.15) is 51.0 Å². The topological polar surface area (TPSA) is 136 Å². The van der Waals surface area contributed by atoms with Crippen molar-refractivity contribution in [2.24, 2.45) is 0 Å². The summed E-state index contributed by atoms with van der Waals surface area (Å²) >= 11 is 1.60. The summed E-state index contributed by atoms with van der Waals surface area (Å²) in [4.78, 5) is 59.3. The van der Waals surface area contributed by atoms with Crippen LogP contribution in [-0.4, -0.2) is 60.4 Å². The Morgan fingerprint density at radius 1 is 1.03 bits per heavy atom. The van der Waals surface area contributed by atoms with Gasteiger partial charge in [-0.2, -0.15) is 0 Å². The molecule has 9 nitrogen and oxygen atoms in total. The maximum atomic E-state index is 12.2. The van der Waals surface area contributed by atoms with Crippen LogP contribution in [0.4, 0.5) is 4.79 Å². The van der Waals surface area contributed by atoms with Crippen LogP contribution < -0.4 is 8.59 Å². The van der Waals surface area contributed by atoms with Crippen LogP contribution in [-0.2, 0) is 35.1 Å². The van der Waals surface area contributed by atoms with Crippen molar-refractivity contribution >= 4 is 32.7 Å². The van der Waals surface area contributed by atoms with Gasteiger partial charge in [0.1, 0.15) is 6.61 Å². The number of benzene rings is 1. The van der Waals surface area contributed by atoms with E-state index < -0.39 is 42.4 Å². The molecule has 2 atom stereocenters. The molecule has 0 bridgehead atoms. The zero-order valence-electron chi connectivity index (χ0n) is 18.8. The molecule has 2 N–H and O–H groups in total. The number of ether oxygens (including phenoxy) is 2. The molecule has 0 fully saturated rings. The molecule has 0 aliphatic heterocycles. The van der Waals surface area contributed by atoms with Crippen molar-refractivity contribution in [3.05, 3.63) is 29.8 Å². The van der Waals surface area contributed by atoms with E-state index in [1.165, 1.54) is 17.3 Å². The average molecular weight is 659 g/mol. The van der Waals surface area contributed by atoms with E-state index in [4.69, 9.17) is 9.84 Å². The summed E-state index contributed by atoms with van der Waals surface area (Å²) in [5, 5.41) is 11.5. The van der Waals surface area contributed by atoms with Gasteiger partial charge in [0.2, 0.25) is 0 Å². The number of ketones is 3. The van der Waals surface area contributed by atoms with Gasteiger partial charge in [-0.25, -0.2) is 4.79 Å². The quantitative estimate of drug-likeness (QED) is 0.268. The van der Waals surface area contributed by atoms with Crippen LogP contribution in [0.25, 0.3) is 0 Å². The number of methoxy groups -OCH3 is 1. The van der Waals surface area contributed by atoms with Gasteiger partial charge in [-0.3, -0.25) is 14.4 Å². The Hall–Kier alpha value is -2.19. The molecule has 0 saturated carbocycles. The maximum absolute atomic E-state index is 12.2. The Labute approximate surface area is 208 Å². The summed E-state index contributed by atoms with van der Waals surface area (Å²) in [6.45, 7) is 0.397. The molecule has 0 saturated heterocycles. The van der Waals surface area contributed by atoms with Gasteiger partial charge in [-0.15, -0.1) is 0 Å². The average Bonchev–Trinajstić information content (AvgIpc) is 2.79. The van der Waals surface area contributed by atoms with Gasteiger partial charge in [0.05, 0.1) is 13.2 Å². The molecule has 1 amide bonds. The first kappa shape index (κ1) is 28.8. The second-order valence-corrected chi connectivity index (χ2v) is 9.19. The van der Waals surface area contributed by atoms with E-state index in [0.717, 1.165) is 12.0 Å². The Morgan fingerprint density at radius 3 is 2.27 bits per heavy atom. The molecule has 10 heteroatoms. The molecule has 0 spiro atoms. The van der Waals surface area contributed by atoms with Crippen molar-refractivity contribution in [1.29, 1.82) is 0 Å². The minimum Gasteiger partial charge on any atom is -0.388 e. The second-order valence-electron chi connectivity index (χ2n) is 7.50. The normalized spacial score (nSPS) is 12.4. The molecule has 1 aromatic rings. The first-order chi connectivity index (χ1) is 15.7. The molecule has 0 unspecified atom stereocenters. The molecule has 0 heterocycles. The van der Waals surface area contributed by atoms with Gasteiger partial charge in [0.25, 0.3) is 0 Å². The monoisotopic (exact) mass is 659 g/mol. The van der Waals surface area contributed by atoms with Crippen molar-refractivity contribution in [3.63, 3.8) is 0 Å². The number of rotatable bonds is 15. The van der Waals surface area contributed by atoms with E-state index in [-0.39, 0.29) is 31.5 Å². The zero-order valence-corrected chi connectivity index (χ0v) is 21.7. The molecule has 1 aromatic carbocycles. The number of carbonyl (C=O) groups excluding carboxylic acids is 5. The van der Waals surface area contributed by atoms with Gasteiger partial charge < -0.3 is 15.2 Å². The summed E-state index contributed by atoms with van der Waals surface area (Å²) in [6, 6.07) is 7.14. The second kappa shape index (κ2) is 15.6. The van der Waals surface area contributed by atoms with E-state index in [1.807, 2.05) is 24.3 Å².